The highest BCUT2D eigenvalue weighted by molar-refractivity contribution is 5.71. The van der Waals surface area contributed by atoms with Crippen LogP contribution in [0.3, 0.4) is 0 Å². The number of likely N-dealkylation sites (N-methyl/N-ethyl adjacent to an activating group) is 1. The maximum Gasteiger partial charge on any atom is 0.308 e. The normalized spacial score (nSPS) is 11.4. The zero-order valence-corrected chi connectivity index (χ0v) is 17.2. The number of hydrogen-bond donors (Lipinski definition) is 0. The van der Waals surface area contributed by atoms with Crippen LogP contribution >= 0.6 is 0 Å². The molecule has 0 N–H and O–H groups in total. The SMILES string of the molecule is COc1cc(/C=C/CN(CCN(C)C)Cc2ccccc2)ccc1OC(C)=O. The van der Waals surface area contributed by atoms with Gasteiger partial charge >= 0.3 is 5.97 Å². The fourth-order valence-electron chi connectivity index (χ4n) is 2.78. The van der Waals surface area contributed by atoms with E-state index in [1.165, 1.54) is 12.5 Å². The fourth-order valence-corrected chi connectivity index (χ4v) is 2.78. The highest BCUT2D eigenvalue weighted by atomic mass is 16.6. The molecule has 0 aliphatic heterocycles. The minimum atomic E-state index is -0.362. The lowest BCUT2D eigenvalue weighted by molar-refractivity contribution is -0.132. The van der Waals surface area contributed by atoms with Gasteiger partial charge in [0.25, 0.3) is 0 Å². The van der Waals surface area contributed by atoms with Crippen LogP contribution in [0.15, 0.2) is 54.6 Å². The zero-order valence-electron chi connectivity index (χ0n) is 17.2. The molecule has 0 unspecified atom stereocenters. The third-order valence-electron chi connectivity index (χ3n) is 4.23. The second-order valence-electron chi connectivity index (χ2n) is 6.93. The van der Waals surface area contributed by atoms with E-state index in [4.69, 9.17) is 9.47 Å². The van der Waals surface area contributed by atoms with Crippen molar-refractivity contribution in [2.45, 2.75) is 13.5 Å². The van der Waals surface area contributed by atoms with Gasteiger partial charge in [-0.1, -0.05) is 48.6 Å². The molecule has 0 atom stereocenters. The van der Waals surface area contributed by atoms with E-state index in [1.54, 1.807) is 13.2 Å². The van der Waals surface area contributed by atoms with Crippen LogP contribution in [0.4, 0.5) is 0 Å². The van der Waals surface area contributed by atoms with Crippen molar-refractivity contribution in [1.29, 1.82) is 0 Å². The van der Waals surface area contributed by atoms with Gasteiger partial charge in [0.1, 0.15) is 0 Å². The van der Waals surface area contributed by atoms with Crippen molar-refractivity contribution in [1.82, 2.24) is 9.80 Å². The van der Waals surface area contributed by atoms with Crippen LogP contribution in [-0.2, 0) is 11.3 Å². The number of ether oxygens (including phenoxy) is 2. The minimum Gasteiger partial charge on any atom is -0.493 e. The molecule has 2 aromatic carbocycles. The summed E-state index contributed by atoms with van der Waals surface area (Å²) in [6.07, 6.45) is 4.21. The Morgan fingerprint density at radius 1 is 1.04 bits per heavy atom. The van der Waals surface area contributed by atoms with E-state index in [2.05, 4.69) is 60.3 Å². The van der Waals surface area contributed by atoms with Crippen molar-refractivity contribution in [2.75, 3.05) is 40.8 Å². The number of esters is 1. The molecular weight excluding hydrogens is 352 g/mol. The van der Waals surface area contributed by atoms with Crippen LogP contribution in [0.5, 0.6) is 11.5 Å². The first-order valence-corrected chi connectivity index (χ1v) is 9.42. The van der Waals surface area contributed by atoms with Gasteiger partial charge in [-0.25, -0.2) is 0 Å². The van der Waals surface area contributed by atoms with Gasteiger partial charge in [0.15, 0.2) is 11.5 Å². The van der Waals surface area contributed by atoms with Crippen LogP contribution in [0.25, 0.3) is 6.08 Å². The summed E-state index contributed by atoms with van der Waals surface area (Å²) in [5.41, 5.74) is 2.31. The molecule has 0 radical (unpaired) electrons. The number of methoxy groups -OCH3 is 1. The zero-order chi connectivity index (χ0) is 20.4. The Kier molecular flexibility index (Phi) is 8.72. The predicted molar refractivity (Wildman–Crippen MR) is 114 cm³/mol. The lowest BCUT2D eigenvalue weighted by Gasteiger charge is -2.23. The van der Waals surface area contributed by atoms with Gasteiger partial charge in [0.2, 0.25) is 0 Å². The lowest BCUT2D eigenvalue weighted by atomic mass is 10.1. The smallest absolute Gasteiger partial charge is 0.308 e. The second-order valence-corrected chi connectivity index (χ2v) is 6.93. The Morgan fingerprint density at radius 3 is 2.43 bits per heavy atom. The fraction of sp³-hybridized carbons (Fsp3) is 0.348. The maximum absolute atomic E-state index is 11.2. The van der Waals surface area contributed by atoms with Gasteiger partial charge in [-0.2, -0.15) is 0 Å². The average Bonchev–Trinajstić information content (AvgIpc) is 2.67. The molecule has 0 aromatic heterocycles. The Labute approximate surface area is 168 Å². The molecule has 150 valence electrons. The molecule has 0 aliphatic carbocycles. The van der Waals surface area contributed by atoms with E-state index in [9.17, 15) is 4.79 Å². The Morgan fingerprint density at radius 2 is 1.79 bits per heavy atom. The Balaban J connectivity index is 2.03. The summed E-state index contributed by atoms with van der Waals surface area (Å²) in [5.74, 6) is 0.619. The summed E-state index contributed by atoms with van der Waals surface area (Å²) in [7, 11) is 5.75. The van der Waals surface area contributed by atoms with E-state index in [1.807, 2.05) is 18.2 Å². The van der Waals surface area contributed by atoms with E-state index in [-0.39, 0.29) is 5.97 Å². The van der Waals surface area contributed by atoms with Gasteiger partial charge < -0.3 is 14.4 Å². The van der Waals surface area contributed by atoms with Crippen molar-refractivity contribution in [3.8, 4) is 11.5 Å². The molecule has 0 heterocycles. The van der Waals surface area contributed by atoms with Gasteiger partial charge in [-0.3, -0.25) is 9.69 Å². The van der Waals surface area contributed by atoms with Gasteiger partial charge in [0, 0.05) is 33.1 Å². The van der Waals surface area contributed by atoms with Crippen molar-refractivity contribution >= 4 is 12.0 Å². The lowest BCUT2D eigenvalue weighted by Crippen LogP contribution is -2.31. The van der Waals surface area contributed by atoms with Crippen LogP contribution in [0, 0.1) is 0 Å². The molecular formula is C23H30N2O3. The van der Waals surface area contributed by atoms with Gasteiger partial charge in [-0.15, -0.1) is 0 Å². The molecule has 5 heteroatoms. The highest BCUT2D eigenvalue weighted by Gasteiger charge is 2.08. The van der Waals surface area contributed by atoms with E-state index < -0.39 is 0 Å². The van der Waals surface area contributed by atoms with Crippen LogP contribution in [0.1, 0.15) is 18.1 Å². The number of hydrogen-bond acceptors (Lipinski definition) is 5. The first-order chi connectivity index (χ1) is 13.5. The third kappa shape index (κ3) is 7.55. The minimum absolute atomic E-state index is 0.362. The van der Waals surface area contributed by atoms with Gasteiger partial charge in [0.05, 0.1) is 7.11 Å². The Hall–Kier alpha value is -2.63. The van der Waals surface area contributed by atoms with E-state index in [0.717, 1.165) is 31.7 Å². The second kappa shape index (κ2) is 11.3. The Bertz CT molecular complexity index is 773. The van der Waals surface area contributed by atoms with Crippen molar-refractivity contribution < 1.29 is 14.3 Å². The summed E-state index contributed by atoms with van der Waals surface area (Å²) >= 11 is 0. The largest absolute Gasteiger partial charge is 0.493 e. The number of carbonyl (C=O) groups is 1. The van der Waals surface area contributed by atoms with Crippen LogP contribution in [0.2, 0.25) is 0 Å². The third-order valence-corrected chi connectivity index (χ3v) is 4.23. The molecule has 2 aromatic rings. The molecule has 2 rings (SSSR count). The first kappa shape index (κ1) is 21.7. The molecule has 0 saturated carbocycles. The highest BCUT2D eigenvalue weighted by Crippen LogP contribution is 2.28. The summed E-state index contributed by atoms with van der Waals surface area (Å²) in [4.78, 5) is 15.8. The molecule has 5 nitrogen and oxygen atoms in total. The van der Waals surface area contributed by atoms with Crippen molar-refractivity contribution in [3.05, 3.63) is 65.7 Å². The van der Waals surface area contributed by atoms with Crippen LogP contribution < -0.4 is 9.47 Å². The number of carbonyl (C=O) groups excluding carboxylic acids is 1. The van der Waals surface area contributed by atoms with Gasteiger partial charge in [-0.05, 0) is 37.4 Å². The van der Waals surface area contributed by atoms with E-state index >= 15 is 0 Å². The summed E-state index contributed by atoms with van der Waals surface area (Å²) in [6, 6.07) is 16.1. The van der Waals surface area contributed by atoms with Crippen molar-refractivity contribution in [2.24, 2.45) is 0 Å². The topological polar surface area (TPSA) is 42.0 Å². The average molecular weight is 383 g/mol. The van der Waals surface area contributed by atoms with Crippen molar-refractivity contribution in [3.63, 3.8) is 0 Å². The summed E-state index contributed by atoms with van der Waals surface area (Å²) in [6.45, 7) is 5.12. The molecule has 0 saturated heterocycles. The summed E-state index contributed by atoms with van der Waals surface area (Å²) < 4.78 is 10.5. The molecule has 28 heavy (non-hydrogen) atoms. The van der Waals surface area contributed by atoms with Crippen LogP contribution in [-0.4, -0.2) is 56.6 Å². The predicted octanol–water partition coefficient (Wildman–Crippen LogP) is 3.70. The summed E-state index contributed by atoms with van der Waals surface area (Å²) in [5, 5.41) is 0. The maximum atomic E-state index is 11.2. The number of benzene rings is 2. The quantitative estimate of drug-likeness (QED) is 0.463. The monoisotopic (exact) mass is 382 g/mol. The first-order valence-electron chi connectivity index (χ1n) is 9.42. The molecule has 0 spiro atoms. The molecule has 0 aliphatic rings. The molecule has 0 bridgehead atoms. The standard InChI is InChI=1S/C23H30N2O3/c1-19(26)28-22-13-12-20(17-23(22)27-4)11-8-14-25(16-15-24(2)3)18-21-9-6-5-7-10-21/h5-13,17H,14-16,18H2,1-4H3/b11-8+. The number of rotatable bonds is 10. The molecule has 0 amide bonds. The molecule has 0 fully saturated rings. The number of nitrogens with zero attached hydrogens (tertiary/aromatic N) is 2. The van der Waals surface area contributed by atoms with E-state index in [0.29, 0.717) is 11.5 Å².